The van der Waals surface area contributed by atoms with Crippen LogP contribution in [0.15, 0.2) is 28.7 Å². The van der Waals surface area contributed by atoms with E-state index in [1.165, 1.54) is 6.08 Å². The Morgan fingerprint density at radius 3 is 2.94 bits per heavy atom. The van der Waals surface area contributed by atoms with Gasteiger partial charge >= 0.3 is 5.97 Å². The molecule has 4 nitrogen and oxygen atoms in total. The van der Waals surface area contributed by atoms with E-state index < -0.39 is 12.1 Å². The van der Waals surface area contributed by atoms with Gasteiger partial charge in [-0.1, -0.05) is 22.9 Å². The summed E-state index contributed by atoms with van der Waals surface area (Å²) in [5, 5.41) is 17.4. The summed E-state index contributed by atoms with van der Waals surface area (Å²) >= 11 is 3.32. The van der Waals surface area contributed by atoms with Crippen molar-refractivity contribution in [2.24, 2.45) is 0 Å². The normalized spacial score (nSPS) is 12.1. The number of aliphatic carboxylic acids is 1. The molecule has 0 aliphatic rings. The highest BCUT2D eigenvalue weighted by Crippen LogP contribution is 2.24. The quantitative estimate of drug-likeness (QED) is 0.848. The Kier molecular flexibility index (Phi) is 5.40. The molecule has 18 heavy (non-hydrogen) atoms. The molecule has 0 spiro atoms. The van der Waals surface area contributed by atoms with Gasteiger partial charge in [-0.25, -0.2) is 4.79 Å². The second kappa shape index (κ2) is 6.82. The minimum atomic E-state index is -1.02. The maximum absolute atomic E-state index is 10.5. The lowest BCUT2D eigenvalue weighted by molar-refractivity contribution is -0.131. The Labute approximate surface area is 114 Å². The van der Waals surface area contributed by atoms with Gasteiger partial charge in [0, 0.05) is 10.5 Å². The molecule has 1 atom stereocenters. The Morgan fingerprint density at radius 2 is 2.39 bits per heavy atom. The van der Waals surface area contributed by atoms with Crippen LogP contribution < -0.4 is 4.74 Å². The summed E-state index contributed by atoms with van der Waals surface area (Å²) in [4.78, 5) is 10.5. The summed E-state index contributed by atoms with van der Waals surface area (Å²) in [7, 11) is 0. The molecule has 0 bridgehead atoms. The first kappa shape index (κ1) is 14.3. The Hall–Kier alpha value is -1.80. The van der Waals surface area contributed by atoms with Crippen molar-refractivity contribution < 1.29 is 14.6 Å². The van der Waals surface area contributed by atoms with Crippen LogP contribution in [-0.2, 0) is 4.79 Å². The zero-order chi connectivity index (χ0) is 13.5. The standard InChI is InChI=1S/C13H12BrNO3/c1-2-10(8-15)18-11-4-5-12(14)9(7-11)3-6-13(16)17/h3-7,10H,2H2,1H3,(H,16,17)/b6-3+. The zero-order valence-corrected chi connectivity index (χ0v) is 11.3. The summed E-state index contributed by atoms with van der Waals surface area (Å²) in [6.45, 7) is 1.86. The number of halogens is 1. The summed E-state index contributed by atoms with van der Waals surface area (Å²) in [5.41, 5.74) is 0.683. The van der Waals surface area contributed by atoms with E-state index in [2.05, 4.69) is 15.9 Å². The van der Waals surface area contributed by atoms with Crippen LogP contribution in [0.2, 0.25) is 0 Å². The number of carboxylic acids is 1. The van der Waals surface area contributed by atoms with Crippen molar-refractivity contribution in [2.45, 2.75) is 19.4 Å². The Morgan fingerprint density at radius 1 is 1.67 bits per heavy atom. The van der Waals surface area contributed by atoms with E-state index in [1.54, 1.807) is 18.2 Å². The maximum Gasteiger partial charge on any atom is 0.328 e. The highest BCUT2D eigenvalue weighted by molar-refractivity contribution is 9.10. The fourth-order valence-corrected chi connectivity index (χ4v) is 1.63. The third kappa shape index (κ3) is 4.22. The predicted molar refractivity (Wildman–Crippen MR) is 71.1 cm³/mol. The molecule has 1 aromatic carbocycles. The summed E-state index contributed by atoms with van der Waals surface area (Å²) in [5.74, 6) is -0.478. The Bertz CT molecular complexity index is 505. The van der Waals surface area contributed by atoms with Gasteiger partial charge in [-0.2, -0.15) is 5.26 Å². The van der Waals surface area contributed by atoms with E-state index in [4.69, 9.17) is 15.1 Å². The average Bonchev–Trinajstić information content (AvgIpc) is 2.36. The third-order valence-corrected chi connectivity index (χ3v) is 2.89. The molecule has 94 valence electrons. The number of hydrogen-bond acceptors (Lipinski definition) is 3. The van der Waals surface area contributed by atoms with Crippen LogP contribution in [0.1, 0.15) is 18.9 Å². The fourth-order valence-electron chi connectivity index (χ4n) is 1.25. The molecule has 0 heterocycles. The van der Waals surface area contributed by atoms with E-state index in [0.29, 0.717) is 17.7 Å². The highest BCUT2D eigenvalue weighted by Gasteiger charge is 2.07. The minimum absolute atomic E-state index is 0.498. The van der Waals surface area contributed by atoms with Gasteiger partial charge < -0.3 is 9.84 Å². The first-order valence-electron chi connectivity index (χ1n) is 5.33. The lowest BCUT2D eigenvalue weighted by Crippen LogP contribution is -2.12. The molecule has 0 amide bonds. The van der Waals surface area contributed by atoms with Gasteiger partial charge in [0.2, 0.25) is 0 Å². The minimum Gasteiger partial charge on any atom is -0.478 e. The summed E-state index contributed by atoms with van der Waals surface area (Å²) in [6.07, 6.45) is 2.60. The van der Waals surface area contributed by atoms with Crippen LogP contribution in [-0.4, -0.2) is 17.2 Å². The van der Waals surface area contributed by atoms with Crippen LogP contribution in [0.5, 0.6) is 5.75 Å². The van der Waals surface area contributed by atoms with Crippen molar-refractivity contribution in [1.29, 1.82) is 5.26 Å². The van der Waals surface area contributed by atoms with Crippen LogP contribution in [0.25, 0.3) is 6.08 Å². The van der Waals surface area contributed by atoms with E-state index in [1.807, 2.05) is 13.0 Å². The topological polar surface area (TPSA) is 70.3 Å². The van der Waals surface area contributed by atoms with Crippen LogP contribution in [0, 0.1) is 11.3 Å². The van der Waals surface area contributed by atoms with Crippen LogP contribution in [0.3, 0.4) is 0 Å². The van der Waals surface area contributed by atoms with Gasteiger partial charge in [0.25, 0.3) is 0 Å². The molecule has 0 radical (unpaired) electrons. The molecule has 0 saturated carbocycles. The Balaban J connectivity index is 2.94. The van der Waals surface area contributed by atoms with Gasteiger partial charge in [0.15, 0.2) is 6.10 Å². The SMILES string of the molecule is CCC(C#N)Oc1ccc(Br)c(/C=C/C(=O)O)c1. The monoisotopic (exact) mass is 309 g/mol. The van der Waals surface area contributed by atoms with Crippen molar-refractivity contribution in [1.82, 2.24) is 0 Å². The maximum atomic E-state index is 10.5. The molecule has 5 heteroatoms. The van der Waals surface area contributed by atoms with Gasteiger partial charge in [-0.15, -0.1) is 0 Å². The van der Waals surface area contributed by atoms with Gasteiger partial charge in [-0.3, -0.25) is 0 Å². The zero-order valence-electron chi connectivity index (χ0n) is 9.76. The third-order valence-electron chi connectivity index (χ3n) is 2.17. The number of carbonyl (C=O) groups is 1. The number of nitriles is 1. The lowest BCUT2D eigenvalue weighted by Gasteiger charge is -2.11. The molecule has 0 aliphatic carbocycles. The van der Waals surface area contributed by atoms with Crippen molar-refractivity contribution in [2.75, 3.05) is 0 Å². The molecule has 1 aromatic rings. The number of carboxylic acid groups (broad SMARTS) is 1. The van der Waals surface area contributed by atoms with Gasteiger partial charge in [0.05, 0.1) is 0 Å². The molecule has 1 rings (SSSR count). The average molecular weight is 310 g/mol. The number of rotatable bonds is 5. The molecule has 1 unspecified atom stereocenters. The second-order valence-electron chi connectivity index (χ2n) is 3.50. The molecular weight excluding hydrogens is 298 g/mol. The first-order chi connectivity index (χ1) is 8.56. The van der Waals surface area contributed by atoms with Crippen molar-refractivity contribution in [3.05, 3.63) is 34.3 Å². The highest BCUT2D eigenvalue weighted by atomic mass is 79.9. The summed E-state index contributed by atoms with van der Waals surface area (Å²) in [6, 6.07) is 7.20. The fraction of sp³-hybridized carbons (Fsp3) is 0.231. The van der Waals surface area contributed by atoms with E-state index >= 15 is 0 Å². The lowest BCUT2D eigenvalue weighted by atomic mass is 10.2. The number of ether oxygens (including phenoxy) is 1. The molecule has 0 aliphatic heterocycles. The largest absolute Gasteiger partial charge is 0.478 e. The van der Waals surface area contributed by atoms with Gasteiger partial charge in [-0.05, 0) is 36.3 Å². The van der Waals surface area contributed by atoms with Crippen LogP contribution in [0.4, 0.5) is 0 Å². The molecule has 1 N–H and O–H groups in total. The van der Waals surface area contributed by atoms with Gasteiger partial charge in [0.1, 0.15) is 11.8 Å². The predicted octanol–water partition coefficient (Wildman–Crippen LogP) is 3.23. The van der Waals surface area contributed by atoms with Crippen molar-refractivity contribution >= 4 is 28.0 Å². The first-order valence-corrected chi connectivity index (χ1v) is 6.13. The molecular formula is C13H12BrNO3. The van der Waals surface area contributed by atoms with E-state index in [9.17, 15) is 4.79 Å². The smallest absolute Gasteiger partial charge is 0.328 e. The number of hydrogen-bond donors (Lipinski definition) is 1. The van der Waals surface area contributed by atoms with E-state index in [-0.39, 0.29) is 0 Å². The molecule has 0 saturated heterocycles. The van der Waals surface area contributed by atoms with E-state index in [0.717, 1.165) is 10.5 Å². The molecule has 0 aromatic heterocycles. The van der Waals surface area contributed by atoms with Crippen molar-refractivity contribution in [3.8, 4) is 11.8 Å². The second-order valence-corrected chi connectivity index (χ2v) is 4.35. The van der Waals surface area contributed by atoms with Crippen molar-refractivity contribution in [3.63, 3.8) is 0 Å². The summed E-state index contributed by atoms with van der Waals surface area (Å²) < 4.78 is 6.21. The molecule has 0 fully saturated rings. The number of nitrogens with zero attached hydrogens (tertiary/aromatic N) is 1. The number of benzene rings is 1. The van der Waals surface area contributed by atoms with Crippen LogP contribution >= 0.6 is 15.9 Å².